The van der Waals surface area contributed by atoms with Gasteiger partial charge in [0, 0.05) is 38.0 Å². The van der Waals surface area contributed by atoms with Crippen molar-refractivity contribution in [3.05, 3.63) is 91.2 Å². The minimum atomic E-state index is 0.307. The first-order valence-electron chi connectivity index (χ1n) is 9.48. The van der Waals surface area contributed by atoms with E-state index in [-0.39, 0.29) is 0 Å². The third-order valence-corrected chi connectivity index (χ3v) is 6.35. The monoisotopic (exact) mass is 558 g/mol. The van der Waals surface area contributed by atoms with Crippen LogP contribution in [0, 0.1) is 0 Å². The molecule has 0 saturated carbocycles. The molecule has 6 nitrogen and oxygen atoms in total. The van der Waals surface area contributed by atoms with Gasteiger partial charge in [0.2, 0.25) is 0 Å². The summed E-state index contributed by atoms with van der Waals surface area (Å²) in [6.45, 7) is 0.846. The van der Waals surface area contributed by atoms with Crippen LogP contribution in [0.2, 0.25) is 25.1 Å². The summed E-state index contributed by atoms with van der Waals surface area (Å²) in [5.41, 5.74) is 2.34. The number of hydrogen-bond donors (Lipinski definition) is 2. The van der Waals surface area contributed by atoms with Gasteiger partial charge in [0.1, 0.15) is 5.02 Å². The van der Waals surface area contributed by atoms with Crippen LogP contribution in [0.15, 0.2) is 55.0 Å². The van der Waals surface area contributed by atoms with E-state index in [9.17, 15) is 0 Å². The highest BCUT2D eigenvalue weighted by Crippen LogP contribution is 2.27. The molecule has 4 rings (SSSR count). The second-order valence-electron chi connectivity index (χ2n) is 6.96. The number of anilines is 2. The lowest BCUT2D eigenvalue weighted by atomic mass is 10.2. The van der Waals surface area contributed by atoms with Gasteiger partial charge in [0.25, 0.3) is 0 Å². The molecule has 0 aliphatic rings. The standard InChI is InChI=1S/C21H15Cl5N6S/c22-13-5-4-12(18(25)6-13)8-31-9-14(7-27-31)28-21(33)29-20-19(26)11-32(30-20)10-15-16(23)2-1-3-17(15)24/h1-7,9,11H,8,10H2,(H2,28,29,30,33). The summed E-state index contributed by atoms with van der Waals surface area (Å²) in [5.74, 6) is 0.401. The zero-order chi connectivity index (χ0) is 23.5. The fourth-order valence-electron chi connectivity index (χ4n) is 3.02. The van der Waals surface area contributed by atoms with Gasteiger partial charge in [-0.15, -0.1) is 0 Å². The summed E-state index contributed by atoms with van der Waals surface area (Å²) in [4.78, 5) is 0. The van der Waals surface area contributed by atoms with Crippen molar-refractivity contribution in [1.82, 2.24) is 19.6 Å². The Labute approximate surface area is 220 Å². The highest BCUT2D eigenvalue weighted by Gasteiger charge is 2.13. The smallest absolute Gasteiger partial charge is 0.176 e. The van der Waals surface area contributed by atoms with Crippen molar-refractivity contribution in [1.29, 1.82) is 0 Å². The van der Waals surface area contributed by atoms with Crippen LogP contribution >= 0.6 is 70.2 Å². The van der Waals surface area contributed by atoms with E-state index in [1.807, 2.05) is 6.07 Å². The molecular formula is C21H15Cl5N6S. The molecule has 4 aromatic rings. The minimum absolute atomic E-state index is 0.307. The highest BCUT2D eigenvalue weighted by molar-refractivity contribution is 7.80. The Kier molecular flexibility index (Phi) is 7.69. The van der Waals surface area contributed by atoms with Gasteiger partial charge < -0.3 is 10.6 Å². The van der Waals surface area contributed by atoms with E-state index in [1.165, 1.54) is 0 Å². The lowest BCUT2D eigenvalue weighted by Crippen LogP contribution is -2.19. The first-order chi connectivity index (χ1) is 15.8. The van der Waals surface area contributed by atoms with Gasteiger partial charge >= 0.3 is 0 Å². The molecule has 0 saturated heterocycles. The molecule has 0 spiro atoms. The molecule has 33 heavy (non-hydrogen) atoms. The van der Waals surface area contributed by atoms with Crippen LogP contribution < -0.4 is 10.6 Å². The molecule has 12 heteroatoms. The maximum absolute atomic E-state index is 6.32. The Hall–Kier alpha value is -2.00. The molecule has 0 aliphatic carbocycles. The maximum atomic E-state index is 6.32. The molecule has 2 aromatic heterocycles. The molecule has 0 fully saturated rings. The van der Waals surface area contributed by atoms with Gasteiger partial charge in [0.15, 0.2) is 10.9 Å². The van der Waals surface area contributed by atoms with Crippen molar-refractivity contribution in [2.45, 2.75) is 13.1 Å². The highest BCUT2D eigenvalue weighted by atomic mass is 35.5. The number of halogens is 5. The van der Waals surface area contributed by atoms with E-state index in [4.69, 9.17) is 70.2 Å². The molecule has 0 radical (unpaired) electrons. The van der Waals surface area contributed by atoms with Crippen molar-refractivity contribution in [2.24, 2.45) is 0 Å². The summed E-state index contributed by atoms with van der Waals surface area (Å²) in [7, 11) is 0. The Balaban J connectivity index is 1.38. The van der Waals surface area contributed by atoms with Gasteiger partial charge in [-0.2, -0.15) is 10.2 Å². The SMILES string of the molecule is S=C(Nc1cnn(Cc2ccc(Cl)cc2Cl)c1)Nc1nn(Cc2c(Cl)cccc2Cl)cc1Cl. The van der Waals surface area contributed by atoms with Gasteiger partial charge in [0.05, 0.1) is 25.0 Å². The summed E-state index contributed by atoms with van der Waals surface area (Å²) in [5, 5.41) is 17.8. The van der Waals surface area contributed by atoms with Crippen molar-refractivity contribution >= 4 is 86.8 Å². The Morgan fingerprint density at radius 3 is 2.33 bits per heavy atom. The van der Waals surface area contributed by atoms with Crippen molar-refractivity contribution in [3.63, 3.8) is 0 Å². The summed E-state index contributed by atoms with van der Waals surface area (Å²) >= 11 is 36.4. The third-order valence-electron chi connectivity index (χ3n) is 4.57. The number of rotatable bonds is 6. The average Bonchev–Trinajstić information content (AvgIpc) is 3.33. The van der Waals surface area contributed by atoms with Crippen LogP contribution in [0.3, 0.4) is 0 Å². The van der Waals surface area contributed by atoms with Crippen LogP contribution in [-0.2, 0) is 13.1 Å². The fourth-order valence-corrected chi connectivity index (χ4v) is 4.41. The zero-order valence-corrected chi connectivity index (χ0v) is 21.3. The molecule has 0 atom stereocenters. The number of benzene rings is 2. The first-order valence-corrected chi connectivity index (χ1v) is 11.8. The molecule has 0 bridgehead atoms. The molecule has 2 aromatic carbocycles. The predicted octanol–water partition coefficient (Wildman–Crippen LogP) is 7.25. The topological polar surface area (TPSA) is 59.7 Å². The van der Waals surface area contributed by atoms with Crippen molar-refractivity contribution in [2.75, 3.05) is 10.6 Å². The second kappa shape index (κ2) is 10.5. The van der Waals surface area contributed by atoms with E-state index < -0.39 is 0 Å². The van der Waals surface area contributed by atoms with Crippen LogP contribution in [0.4, 0.5) is 11.5 Å². The molecule has 2 N–H and O–H groups in total. The van der Waals surface area contributed by atoms with E-state index in [0.717, 1.165) is 11.1 Å². The van der Waals surface area contributed by atoms with Crippen LogP contribution in [0.1, 0.15) is 11.1 Å². The predicted molar refractivity (Wildman–Crippen MR) is 140 cm³/mol. The number of nitrogens with one attached hydrogen (secondary N) is 2. The van der Waals surface area contributed by atoms with E-state index in [1.54, 1.807) is 58.3 Å². The maximum Gasteiger partial charge on any atom is 0.176 e. The summed E-state index contributed by atoms with van der Waals surface area (Å²) in [6, 6.07) is 10.7. The Bertz CT molecular complexity index is 1300. The second-order valence-corrected chi connectivity index (χ2v) is 9.44. The van der Waals surface area contributed by atoms with Gasteiger partial charge in [-0.1, -0.05) is 70.1 Å². The average molecular weight is 561 g/mol. The largest absolute Gasteiger partial charge is 0.330 e. The minimum Gasteiger partial charge on any atom is -0.330 e. The molecule has 2 heterocycles. The zero-order valence-electron chi connectivity index (χ0n) is 16.7. The number of aromatic nitrogens is 4. The van der Waals surface area contributed by atoms with Crippen LogP contribution in [0.25, 0.3) is 0 Å². The fraction of sp³-hybridized carbons (Fsp3) is 0.0952. The molecule has 0 aliphatic heterocycles. The lowest BCUT2D eigenvalue weighted by molar-refractivity contribution is 0.687. The van der Waals surface area contributed by atoms with E-state index >= 15 is 0 Å². The van der Waals surface area contributed by atoms with Crippen molar-refractivity contribution in [3.8, 4) is 0 Å². The quantitative estimate of drug-likeness (QED) is 0.243. The number of thiocarbonyl (C=S) groups is 1. The Morgan fingerprint density at radius 1 is 0.848 bits per heavy atom. The van der Waals surface area contributed by atoms with Gasteiger partial charge in [-0.25, -0.2) is 0 Å². The van der Waals surface area contributed by atoms with Crippen molar-refractivity contribution < 1.29 is 0 Å². The van der Waals surface area contributed by atoms with E-state index in [0.29, 0.717) is 54.8 Å². The Morgan fingerprint density at radius 2 is 1.61 bits per heavy atom. The molecule has 170 valence electrons. The van der Waals surface area contributed by atoms with Crippen LogP contribution in [0.5, 0.6) is 0 Å². The van der Waals surface area contributed by atoms with Gasteiger partial charge in [-0.05, 0) is 42.0 Å². The van der Waals surface area contributed by atoms with E-state index in [2.05, 4.69) is 20.8 Å². The lowest BCUT2D eigenvalue weighted by Gasteiger charge is -2.08. The number of hydrogen-bond acceptors (Lipinski definition) is 3. The summed E-state index contributed by atoms with van der Waals surface area (Å²) in [6.07, 6.45) is 5.12. The number of nitrogens with zero attached hydrogens (tertiary/aromatic N) is 4. The molecular weight excluding hydrogens is 546 g/mol. The van der Waals surface area contributed by atoms with Crippen LogP contribution in [-0.4, -0.2) is 24.7 Å². The molecule has 0 amide bonds. The molecule has 0 unspecified atom stereocenters. The third kappa shape index (κ3) is 6.12. The van der Waals surface area contributed by atoms with Gasteiger partial charge in [-0.3, -0.25) is 9.36 Å². The normalized spacial score (nSPS) is 10.9. The summed E-state index contributed by atoms with van der Waals surface area (Å²) < 4.78 is 3.36. The first kappa shape index (κ1) is 24.1.